The first-order valence-corrected chi connectivity index (χ1v) is 9.36. The van der Waals surface area contributed by atoms with Crippen LogP contribution in [0, 0.1) is 11.3 Å². The molecule has 3 rings (SSSR count). The molecule has 0 unspecified atom stereocenters. The van der Waals surface area contributed by atoms with Gasteiger partial charge in [-0.1, -0.05) is 6.07 Å². The Morgan fingerprint density at radius 1 is 1.07 bits per heavy atom. The van der Waals surface area contributed by atoms with Crippen LogP contribution < -0.4 is 14.4 Å². The Morgan fingerprint density at radius 2 is 1.81 bits per heavy atom. The molecule has 27 heavy (non-hydrogen) atoms. The van der Waals surface area contributed by atoms with Gasteiger partial charge < -0.3 is 14.4 Å². The van der Waals surface area contributed by atoms with Gasteiger partial charge in [-0.3, -0.25) is 4.79 Å². The summed E-state index contributed by atoms with van der Waals surface area (Å²) < 4.78 is 11.2. The molecule has 0 bridgehead atoms. The van der Waals surface area contributed by atoms with E-state index in [0.717, 1.165) is 30.0 Å². The summed E-state index contributed by atoms with van der Waals surface area (Å²) in [5.74, 6) is 1.30. The lowest BCUT2D eigenvalue weighted by Crippen LogP contribution is -2.35. The number of hydrogen-bond acceptors (Lipinski definition) is 4. The Balaban J connectivity index is 1.66. The number of fused-ring (bicyclic) bond motifs is 1. The second-order valence-corrected chi connectivity index (χ2v) is 6.45. The van der Waals surface area contributed by atoms with Gasteiger partial charge in [-0.25, -0.2) is 0 Å². The van der Waals surface area contributed by atoms with E-state index in [9.17, 15) is 4.79 Å². The topological polar surface area (TPSA) is 62.6 Å². The van der Waals surface area contributed by atoms with E-state index < -0.39 is 0 Å². The van der Waals surface area contributed by atoms with Crippen LogP contribution in [0.15, 0.2) is 42.5 Å². The molecule has 1 aliphatic rings. The molecule has 0 N–H and O–H groups in total. The number of amides is 1. The number of hydrogen-bond donors (Lipinski definition) is 0. The van der Waals surface area contributed by atoms with Gasteiger partial charge in [0, 0.05) is 12.2 Å². The lowest BCUT2D eigenvalue weighted by molar-refractivity contribution is -0.120. The average Bonchev–Trinajstić information content (AvgIpc) is 3.16. The standard InChI is InChI=1S/C22H24N2O3/c1-2-26-20-11-8-19(9-12-20)24(14-4-13-23)22(25)16-27-21-10-7-17-5-3-6-18(17)15-21/h7-12,15H,2-6,14,16H2,1H3. The number of aryl methyl sites for hydroxylation is 2. The highest BCUT2D eigenvalue weighted by atomic mass is 16.5. The van der Waals surface area contributed by atoms with Crippen molar-refractivity contribution in [2.24, 2.45) is 0 Å². The Labute approximate surface area is 160 Å². The summed E-state index contributed by atoms with van der Waals surface area (Å²) in [7, 11) is 0. The van der Waals surface area contributed by atoms with Gasteiger partial charge in [0.1, 0.15) is 11.5 Å². The van der Waals surface area contributed by atoms with E-state index in [1.807, 2.05) is 43.3 Å². The highest BCUT2D eigenvalue weighted by molar-refractivity contribution is 5.94. The molecule has 0 atom stereocenters. The van der Waals surface area contributed by atoms with Crippen LogP contribution in [0.25, 0.3) is 0 Å². The summed E-state index contributed by atoms with van der Waals surface area (Å²) in [5, 5.41) is 8.92. The fraction of sp³-hybridized carbons (Fsp3) is 0.364. The number of nitrogens with zero attached hydrogens (tertiary/aromatic N) is 2. The first kappa shape index (κ1) is 18.8. The van der Waals surface area contributed by atoms with E-state index >= 15 is 0 Å². The number of ether oxygens (including phenoxy) is 2. The highest BCUT2D eigenvalue weighted by Gasteiger charge is 2.17. The molecule has 0 aromatic heterocycles. The molecule has 1 aliphatic carbocycles. The van der Waals surface area contributed by atoms with Crippen LogP contribution in [-0.2, 0) is 17.6 Å². The molecule has 0 saturated heterocycles. The number of rotatable bonds is 8. The normalized spacial score (nSPS) is 12.1. The summed E-state index contributed by atoms with van der Waals surface area (Å²) in [6.45, 7) is 2.78. The van der Waals surface area contributed by atoms with Crippen LogP contribution in [0.5, 0.6) is 11.5 Å². The maximum Gasteiger partial charge on any atom is 0.264 e. The van der Waals surface area contributed by atoms with Crippen molar-refractivity contribution in [1.29, 1.82) is 5.26 Å². The SMILES string of the molecule is CCOc1ccc(N(CCC#N)C(=O)COc2ccc3c(c2)CCC3)cc1. The largest absolute Gasteiger partial charge is 0.494 e. The Hall–Kier alpha value is -3.00. The molecule has 5 nitrogen and oxygen atoms in total. The lowest BCUT2D eigenvalue weighted by Gasteiger charge is -2.22. The molecule has 2 aromatic rings. The fourth-order valence-corrected chi connectivity index (χ4v) is 3.31. The number of carbonyl (C=O) groups is 1. The van der Waals surface area contributed by atoms with E-state index in [-0.39, 0.29) is 18.9 Å². The van der Waals surface area contributed by atoms with Crippen LogP contribution in [-0.4, -0.2) is 25.7 Å². The third kappa shape index (κ3) is 4.79. The molecular weight excluding hydrogens is 340 g/mol. The van der Waals surface area contributed by atoms with Crippen LogP contribution in [0.3, 0.4) is 0 Å². The van der Waals surface area contributed by atoms with Crippen LogP contribution in [0.2, 0.25) is 0 Å². The summed E-state index contributed by atoms with van der Waals surface area (Å²) >= 11 is 0. The van der Waals surface area contributed by atoms with Crippen molar-refractivity contribution in [3.63, 3.8) is 0 Å². The number of carbonyl (C=O) groups excluding carboxylic acids is 1. The average molecular weight is 364 g/mol. The van der Waals surface area contributed by atoms with Gasteiger partial charge >= 0.3 is 0 Å². The van der Waals surface area contributed by atoms with Crippen molar-refractivity contribution in [3.8, 4) is 17.6 Å². The molecule has 0 heterocycles. The number of nitriles is 1. The van der Waals surface area contributed by atoms with Gasteiger partial charge in [-0.05, 0) is 73.7 Å². The Kier molecular flexibility index (Phi) is 6.32. The number of anilines is 1. The molecule has 2 aromatic carbocycles. The third-order valence-corrected chi connectivity index (χ3v) is 4.64. The summed E-state index contributed by atoms with van der Waals surface area (Å²) in [6.07, 6.45) is 3.63. The Bertz CT molecular complexity index is 824. The Morgan fingerprint density at radius 3 is 2.56 bits per heavy atom. The predicted octanol–water partition coefficient (Wildman–Crippen LogP) is 3.90. The van der Waals surface area contributed by atoms with Crippen molar-refractivity contribution in [2.45, 2.75) is 32.6 Å². The van der Waals surface area contributed by atoms with Gasteiger partial charge in [-0.15, -0.1) is 0 Å². The van der Waals surface area contributed by atoms with Crippen LogP contribution >= 0.6 is 0 Å². The van der Waals surface area contributed by atoms with Crippen LogP contribution in [0.1, 0.15) is 30.9 Å². The quantitative estimate of drug-likeness (QED) is 0.713. The highest BCUT2D eigenvalue weighted by Crippen LogP contribution is 2.26. The minimum absolute atomic E-state index is 0.0581. The van der Waals surface area contributed by atoms with E-state index in [1.54, 1.807) is 4.90 Å². The molecule has 5 heteroatoms. The third-order valence-electron chi connectivity index (χ3n) is 4.64. The smallest absolute Gasteiger partial charge is 0.264 e. The van der Waals surface area contributed by atoms with E-state index in [4.69, 9.17) is 14.7 Å². The van der Waals surface area contributed by atoms with Gasteiger partial charge in [0.2, 0.25) is 0 Å². The van der Waals surface area contributed by atoms with Gasteiger partial charge in [0.15, 0.2) is 6.61 Å². The first-order valence-electron chi connectivity index (χ1n) is 9.36. The van der Waals surface area contributed by atoms with Gasteiger partial charge in [0.25, 0.3) is 5.91 Å². The summed E-state index contributed by atoms with van der Waals surface area (Å²) in [6, 6.07) is 15.5. The van der Waals surface area contributed by atoms with Crippen LogP contribution in [0.4, 0.5) is 5.69 Å². The zero-order chi connectivity index (χ0) is 19.1. The first-order chi connectivity index (χ1) is 13.2. The molecule has 140 valence electrons. The minimum Gasteiger partial charge on any atom is -0.494 e. The van der Waals surface area contributed by atoms with Crippen molar-refractivity contribution in [1.82, 2.24) is 0 Å². The summed E-state index contributed by atoms with van der Waals surface area (Å²) in [5.41, 5.74) is 3.42. The molecule has 0 aliphatic heterocycles. The molecule has 0 saturated carbocycles. The zero-order valence-corrected chi connectivity index (χ0v) is 15.6. The molecule has 0 fully saturated rings. The predicted molar refractivity (Wildman–Crippen MR) is 104 cm³/mol. The maximum absolute atomic E-state index is 12.7. The monoisotopic (exact) mass is 364 g/mol. The number of benzene rings is 2. The second kappa shape index (κ2) is 9.09. The van der Waals surface area contributed by atoms with Gasteiger partial charge in [-0.2, -0.15) is 5.26 Å². The second-order valence-electron chi connectivity index (χ2n) is 6.45. The zero-order valence-electron chi connectivity index (χ0n) is 15.6. The summed E-state index contributed by atoms with van der Waals surface area (Å²) in [4.78, 5) is 14.3. The van der Waals surface area contributed by atoms with Gasteiger partial charge in [0.05, 0.1) is 19.1 Å². The van der Waals surface area contributed by atoms with E-state index in [2.05, 4.69) is 12.1 Å². The lowest BCUT2D eigenvalue weighted by atomic mass is 10.1. The molecular formula is C22H24N2O3. The van der Waals surface area contributed by atoms with Crippen molar-refractivity contribution in [2.75, 3.05) is 24.7 Å². The van der Waals surface area contributed by atoms with E-state index in [0.29, 0.717) is 13.2 Å². The van der Waals surface area contributed by atoms with E-state index in [1.165, 1.54) is 17.5 Å². The van der Waals surface area contributed by atoms with Crippen molar-refractivity contribution < 1.29 is 14.3 Å². The minimum atomic E-state index is -0.171. The molecule has 0 radical (unpaired) electrons. The fourth-order valence-electron chi connectivity index (χ4n) is 3.31. The molecule has 0 spiro atoms. The maximum atomic E-state index is 12.7. The van der Waals surface area contributed by atoms with Crippen molar-refractivity contribution >= 4 is 11.6 Å². The van der Waals surface area contributed by atoms with Crippen molar-refractivity contribution in [3.05, 3.63) is 53.6 Å². The molecule has 1 amide bonds.